The molecule has 0 bridgehead atoms. The van der Waals surface area contributed by atoms with Gasteiger partial charge in [-0.25, -0.2) is 5.11 Å². The first-order valence-corrected chi connectivity index (χ1v) is 0.908. The van der Waals surface area contributed by atoms with Crippen LogP contribution in [0.1, 0.15) is 0 Å². The number of halogens is 2. The molecule has 0 fully saturated rings. The van der Waals surface area contributed by atoms with Crippen LogP contribution in [0.15, 0.2) is 13.2 Å². The van der Waals surface area contributed by atoms with Crippen LogP contribution in [0.4, 0.5) is 9.41 Å². The van der Waals surface area contributed by atoms with E-state index in [2.05, 4.69) is 13.2 Å². The Bertz CT molecular complexity index is 8.75. The summed E-state index contributed by atoms with van der Waals surface area (Å²) < 4.78 is 0. The summed E-state index contributed by atoms with van der Waals surface area (Å²) >= 11 is 0. The summed E-state index contributed by atoms with van der Waals surface area (Å²) in [6, 6.07) is 0. The van der Waals surface area contributed by atoms with Gasteiger partial charge in [-0.15, -0.1) is 13.2 Å². The molecule has 0 saturated carbocycles. The van der Waals surface area contributed by atoms with Gasteiger partial charge in [0.1, 0.15) is 0 Å². The first-order chi connectivity index (χ1) is 2.00. The van der Waals surface area contributed by atoms with Crippen molar-refractivity contribution >= 4 is 0 Å². The molecule has 41 valence electrons. The van der Waals surface area contributed by atoms with E-state index in [1.54, 1.807) is 0 Å². The molecule has 1 nitrogen and oxygen atoms in total. The second-order valence-corrected chi connectivity index (χ2v) is 0. The van der Waals surface area contributed by atoms with Crippen molar-refractivity contribution in [1.82, 2.24) is 0 Å². The van der Waals surface area contributed by atoms with Crippen LogP contribution >= 0.6 is 0 Å². The van der Waals surface area contributed by atoms with Gasteiger partial charge >= 0.3 is 0 Å². The van der Waals surface area contributed by atoms with Crippen molar-refractivity contribution in [2.24, 2.45) is 0 Å². The van der Waals surface area contributed by atoms with Crippen LogP contribution in [-0.2, 0) is 5.11 Å². The van der Waals surface area contributed by atoms with Gasteiger partial charge < -0.3 is 0 Å². The van der Waals surface area contributed by atoms with Crippen LogP contribution in [0, 0.1) is 0 Å². The zero-order valence-corrected chi connectivity index (χ0v) is 3.64. The Morgan fingerprint density at radius 1 is 1.00 bits per heavy atom. The molecule has 0 amide bonds. The molecule has 0 unspecified atom stereocenters. The van der Waals surface area contributed by atoms with Gasteiger partial charge in [0.05, 0.1) is 7.11 Å². The van der Waals surface area contributed by atoms with Crippen molar-refractivity contribution in [2.75, 3.05) is 7.11 Å². The summed E-state index contributed by atoms with van der Waals surface area (Å²) in [7, 11) is 0.750. The van der Waals surface area contributed by atoms with Gasteiger partial charge in [0.25, 0.3) is 0 Å². The third-order valence-electron chi connectivity index (χ3n) is 0. The average molecular weight is 99.1 g/mol. The molecule has 0 N–H and O–H groups in total. The molecule has 0 aliphatic carbocycles. The Kier molecular flexibility index (Phi) is 2360. The first-order valence-electron chi connectivity index (χ1n) is 0.908. The van der Waals surface area contributed by atoms with Gasteiger partial charge in [0.2, 0.25) is 0 Å². The molecular weight excluding hydrogens is 90.0 g/mol. The van der Waals surface area contributed by atoms with Crippen LogP contribution in [-0.4, -0.2) is 7.11 Å². The van der Waals surface area contributed by atoms with Crippen molar-refractivity contribution < 1.29 is 14.5 Å². The van der Waals surface area contributed by atoms with Crippen LogP contribution in [0.25, 0.3) is 0 Å². The van der Waals surface area contributed by atoms with E-state index in [1.807, 2.05) is 0 Å². The lowest BCUT2D eigenvalue weighted by molar-refractivity contribution is 0.282. The summed E-state index contributed by atoms with van der Waals surface area (Å²) in [5.41, 5.74) is 0. The maximum absolute atomic E-state index is 8.25. The van der Waals surface area contributed by atoms with Crippen LogP contribution < -0.4 is 0 Å². The summed E-state index contributed by atoms with van der Waals surface area (Å²) in [6.45, 7) is 6.00. The summed E-state index contributed by atoms with van der Waals surface area (Å²) in [5, 5.41) is 8.25. The van der Waals surface area contributed by atoms with Gasteiger partial charge in [0.15, 0.2) is 0 Å². The molecule has 0 aromatic heterocycles. The number of hydrogen-bond donors (Lipinski definition) is 0. The molecule has 0 saturated heterocycles. The van der Waals surface area contributed by atoms with Crippen LogP contribution in [0.5, 0.6) is 0 Å². The molecule has 0 aliphatic heterocycles. The van der Waals surface area contributed by atoms with Crippen LogP contribution in [0.3, 0.4) is 0 Å². The van der Waals surface area contributed by atoms with Gasteiger partial charge in [-0.1, -0.05) is 0 Å². The van der Waals surface area contributed by atoms with E-state index in [9.17, 15) is 0 Å². The third-order valence-corrected chi connectivity index (χ3v) is 0. The first kappa shape index (κ1) is 47.5. The molecule has 0 aromatic carbocycles. The van der Waals surface area contributed by atoms with Gasteiger partial charge in [-0.3, -0.25) is 9.41 Å². The highest BCUT2D eigenvalue weighted by molar-refractivity contribution is 4.22. The van der Waals surface area contributed by atoms with Crippen LogP contribution in [0.2, 0.25) is 0 Å². The van der Waals surface area contributed by atoms with E-state index < -0.39 is 0 Å². The second-order valence-electron chi connectivity index (χ2n) is 0. The Labute approximate surface area is 36.0 Å². The molecule has 0 rings (SSSR count). The Balaban J connectivity index is -0.00000000500. The van der Waals surface area contributed by atoms with Crippen molar-refractivity contribution in [3.8, 4) is 0 Å². The average Bonchev–Trinajstić information content (AvgIpc) is 1.50. The second kappa shape index (κ2) is 299. The molecule has 0 heterocycles. The van der Waals surface area contributed by atoms with E-state index in [1.165, 1.54) is 0 Å². The number of hydrogen-bond acceptors (Lipinski definition) is 0. The summed E-state index contributed by atoms with van der Waals surface area (Å²) in [6.07, 6.45) is 0. The summed E-state index contributed by atoms with van der Waals surface area (Å²) in [5.74, 6) is 0. The van der Waals surface area contributed by atoms with Gasteiger partial charge in [0, 0.05) is 0 Å². The Hall–Kier alpha value is -0.440. The molecule has 3 heteroatoms. The molecule has 0 atom stereocenters. The molecule has 0 spiro atoms. The largest absolute Gasteiger partial charge is 0.269 e. The standard InChI is InChI=1S/C2H4.CH3O.2FH/c2*1-2;;/h1-2H2;1H3;2*1H. The zero-order chi connectivity index (χ0) is 4.00. The Morgan fingerprint density at radius 3 is 1.00 bits per heavy atom. The van der Waals surface area contributed by atoms with Gasteiger partial charge in [-0.05, 0) is 0 Å². The normalized spacial score (nSPS) is 1.67. The van der Waals surface area contributed by atoms with Crippen molar-refractivity contribution in [3.05, 3.63) is 13.2 Å². The molecule has 0 aliphatic rings. The SMILES string of the molecule is C=C.C[O].F.F. The van der Waals surface area contributed by atoms with E-state index in [0.29, 0.717) is 0 Å². The lowest BCUT2D eigenvalue weighted by atomic mass is 11.3. The predicted molar refractivity (Wildman–Crippen MR) is 22.9 cm³/mol. The minimum absolute atomic E-state index is 0. The smallest absolute Gasteiger partial charge is 0.0712 e. The zero-order valence-electron chi connectivity index (χ0n) is 3.64. The highest BCUT2D eigenvalue weighted by atomic mass is 19.0. The molecule has 1 radical (unpaired) electrons. The fraction of sp³-hybridized carbons (Fsp3) is 0.333. The maximum Gasteiger partial charge on any atom is 0.0712 e. The van der Waals surface area contributed by atoms with Crippen molar-refractivity contribution in [2.45, 2.75) is 0 Å². The van der Waals surface area contributed by atoms with Crippen molar-refractivity contribution in [3.63, 3.8) is 0 Å². The quantitative estimate of drug-likeness (QED) is 0.406. The third kappa shape index (κ3) is 121. The lowest BCUT2D eigenvalue weighted by Crippen LogP contribution is -1.16. The maximum atomic E-state index is 8.25. The molecule has 0 aromatic rings. The fourth-order valence-corrected chi connectivity index (χ4v) is 0. The monoisotopic (exact) mass is 99.1 g/mol. The lowest BCUT2D eigenvalue weighted by Gasteiger charge is -1.10. The van der Waals surface area contributed by atoms with Gasteiger partial charge in [-0.2, -0.15) is 0 Å². The van der Waals surface area contributed by atoms with Crippen molar-refractivity contribution in [1.29, 1.82) is 0 Å². The highest BCUT2D eigenvalue weighted by Crippen LogP contribution is 0.862. The highest BCUT2D eigenvalue weighted by Gasteiger charge is 0.928. The van der Waals surface area contributed by atoms with E-state index >= 15 is 0 Å². The fourth-order valence-electron chi connectivity index (χ4n) is 0. The Morgan fingerprint density at radius 2 is 1.00 bits per heavy atom. The summed E-state index contributed by atoms with van der Waals surface area (Å²) in [4.78, 5) is 0. The number of rotatable bonds is 0. The van der Waals surface area contributed by atoms with E-state index in [0.717, 1.165) is 7.11 Å². The van der Waals surface area contributed by atoms with E-state index in [4.69, 9.17) is 5.11 Å². The topological polar surface area (TPSA) is 19.9 Å². The molecular formula is C3H9F2O. The molecule has 6 heavy (non-hydrogen) atoms. The minimum Gasteiger partial charge on any atom is -0.269 e. The predicted octanol–water partition coefficient (Wildman–Crippen LogP) is 1.15. The minimum atomic E-state index is 0. The van der Waals surface area contributed by atoms with E-state index in [-0.39, 0.29) is 9.41 Å².